The Labute approximate surface area is 738 Å². The Morgan fingerprint density at radius 2 is 0.615 bits per heavy atom. The van der Waals surface area contributed by atoms with Gasteiger partial charge in [-0.15, -0.1) is 0 Å². The summed E-state index contributed by atoms with van der Waals surface area (Å²) in [5.74, 6) is -0.962. The molecule has 3 rings (SSSR count). The van der Waals surface area contributed by atoms with Gasteiger partial charge >= 0.3 is 31.7 Å². The Morgan fingerprint density at radius 3 is 0.975 bits per heavy atom. The molecule has 0 amide bonds. The molecule has 0 radical (unpaired) electrons. The zero-order chi connectivity index (χ0) is 89.4. The van der Waals surface area contributed by atoms with Crippen molar-refractivity contribution in [3.8, 4) is 0 Å². The van der Waals surface area contributed by atoms with Crippen LogP contribution in [0.25, 0.3) is 0 Å². The Hall–Kier alpha value is -2.53. The molecule has 0 aromatic heterocycles. The molecule has 21 unspecified atom stereocenters. The second kappa shape index (κ2) is 72.2. The van der Waals surface area contributed by atoms with Crippen LogP contribution in [0.3, 0.4) is 0 Å². The van der Waals surface area contributed by atoms with Crippen LogP contribution in [0.1, 0.15) is 440 Å². The highest BCUT2D eigenvalue weighted by Crippen LogP contribution is 2.49. The number of phosphoric acid groups is 1. The van der Waals surface area contributed by atoms with Crippen molar-refractivity contribution >= 4 is 31.7 Å². The lowest BCUT2D eigenvalue weighted by molar-refractivity contribution is -0.360. The van der Waals surface area contributed by atoms with E-state index in [1.54, 1.807) is 0 Å². The number of rotatable bonds is 80. The first-order chi connectivity index (χ1) is 58.9. The fraction of sp³-hybridized carbons (Fsp3) is 0.958. The minimum Gasteiger partial charge on any atom is -0.463 e. The average molecular weight is 1770 g/mol. The summed E-state index contributed by atoms with van der Waals surface area (Å²) in [4.78, 5) is 66.8. The van der Waals surface area contributed by atoms with Crippen LogP contribution in [0, 0.1) is 17.8 Å². The molecule has 0 spiro atoms. The van der Waals surface area contributed by atoms with Crippen molar-refractivity contribution < 1.29 is 122 Å². The second-order valence-corrected chi connectivity index (χ2v) is 38.2. The van der Waals surface area contributed by atoms with E-state index in [-0.39, 0.29) is 25.7 Å². The highest BCUT2D eigenvalue weighted by atomic mass is 31.2. The topological polar surface area (TPSA) is 380 Å². The number of esters is 4. The molecule has 720 valence electrons. The Morgan fingerprint density at radius 1 is 0.320 bits per heavy atom. The van der Waals surface area contributed by atoms with Crippen LogP contribution in [0.15, 0.2) is 0 Å². The van der Waals surface area contributed by atoms with Gasteiger partial charge in [-0.2, -0.15) is 0 Å². The van der Waals surface area contributed by atoms with Crippen molar-refractivity contribution in [1.29, 1.82) is 0 Å². The van der Waals surface area contributed by atoms with Crippen LogP contribution in [-0.2, 0) is 70.7 Å². The molecule has 21 atom stereocenters. The number of carbonyl (C=O) groups is 4. The van der Waals surface area contributed by atoms with Crippen LogP contribution in [-0.4, -0.2) is 205 Å². The predicted octanol–water partition coefficient (Wildman–Crippen LogP) is 19.3. The molecule has 3 aliphatic rings. The zero-order valence-corrected chi connectivity index (χ0v) is 78.4. The van der Waals surface area contributed by atoms with Crippen LogP contribution in [0.5, 0.6) is 0 Å². The largest absolute Gasteiger partial charge is 0.472 e. The molecule has 2 saturated heterocycles. The molecular formula is C96H181O25P. The van der Waals surface area contributed by atoms with Gasteiger partial charge < -0.3 is 88.7 Å². The van der Waals surface area contributed by atoms with Crippen molar-refractivity contribution in [3.63, 3.8) is 0 Å². The van der Waals surface area contributed by atoms with Gasteiger partial charge in [0.1, 0.15) is 92.6 Å². The Balaban J connectivity index is 1.92. The number of carbonyl (C=O) groups excluding carboxylic acids is 4. The van der Waals surface area contributed by atoms with Crippen molar-refractivity contribution in [2.45, 2.75) is 544 Å². The van der Waals surface area contributed by atoms with Crippen molar-refractivity contribution in [3.05, 3.63) is 0 Å². The summed E-state index contributed by atoms with van der Waals surface area (Å²) >= 11 is 0. The third-order valence-electron chi connectivity index (χ3n) is 25.3. The van der Waals surface area contributed by atoms with Gasteiger partial charge in [0.05, 0.1) is 13.2 Å². The van der Waals surface area contributed by atoms with Crippen molar-refractivity contribution in [1.82, 2.24) is 0 Å². The molecule has 26 heteroatoms. The van der Waals surface area contributed by atoms with Crippen LogP contribution in [0.4, 0.5) is 0 Å². The lowest BCUT2D eigenvalue weighted by atomic mass is 9.84. The molecule has 0 aromatic carbocycles. The van der Waals surface area contributed by atoms with E-state index in [1.807, 2.05) is 0 Å². The van der Waals surface area contributed by atoms with Crippen LogP contribution in [0.2, 0.25) is 0 Å². The van der Waals surface area contributed by atoms with Crippen molar-refractivity contribution in [2.75, 3.05) is 26.4 Å². The summed E-state index contributed by atoms with van der Waals surface area (Å²) in [6.07, 6.45) is 26.6. The van der Waals surface area contributed by atoms with Crippen LogP contribution < -0.4 is 0 Å². The highest BCUT2D eigenvalue weighted by molar-refractivity contribution is 7.47. The monoisotopic (exact) mass is 1770 g/mol. The molecular weight excluding hydrogens is 1580 g/mol. The van der Waals surface area contributed by atoms with E-state index in [9.17, 15) is 74.6 Å². The van der Waals surface area contributed by atoms with E-state index in [1.165, 1.54) is 205 Å². The number of aliphatic hydroxyl groups excluding tert-OH is 9. The molecule has 25 nitrogen and oxygen atoms in total. The van der Waals surface area contributed by atoms with Crippen LogP contribution >= 0.6 is 7.82 Å². The van der Waals surface area contributed by atoms with E-state index < -0.39 is 162 Å². The van der Waals surface area contributed by atoms with E-state index in [2.05, 4.69) is 48.5 Å². The summed E-state index contributed by atoms with van der Waals surface area (Å²) in [6, 6.07) is 0. The molecule has 10 N–H and O–H groups in total. The van der Waals surface area contributed by atoms with E-state index >= 15 is 0 Å². The maximum atomic E-state index is 15.0. The fourth-order valence-corrected chi connectivity index (χ4v) is 18.1. The predicted molar refractivity (Wildman–Crippen MR) is 476 cm³/mol. The first-order valence-corrected chi connectivity index (χ1v) is 51.4. The molecule has 1 saturated carbocycles. The Bertz CT molecular complexity index is 2570. The third-order valence-corrected chi connectivity index (χ3v) is 26.3. The normalized spacial score (nSPS) is 25.3. The summed E-state index contributed by atoms with van der Waals surface area (Å²) < 4.78 is 73.8. The first kappa shape index (κ1) is 114. The van der Waals surface area contributed by atoms with Gasteiger partial charge in [-0.1, -0.05) is 389 Å². The molecule has 2 aliphatic heterocycles. The van der Waals surface area contributed by atoms with Gasteiger partial charge in [-0.25, -0.2) is 4.57 Å². The maximum Gasteiger partial charge on any atom is 0.472 e. The molecule has 122 heavy (non-hydrogen) atoms. The smallest absolute Gasteiger partial charge is 0.463 e. The number of ether oxygens (including phenoxy) is 8. The number of hydrogen-bond acceptors (Lipinski definition) is 24. The zero-order valence-electron chi connectivity index (χ0n) is 77.6. The summed E-state index contributed by atoms with van der Waals surface area (Å²) in [6.45, 7) is 12.6. The Kier molecular flexibility index (Phi) is 67.3. The minimum absolute atomic E-state index is 0.0189. The highest BCUT2D eigenvalue weighted by Gasteiger charge is 2.60. The average Bonchev–Trinajstić information content (AvgIpc) is 0.754. The van der Waals surface area contributed by atoms with E-state index in [4.69, 9.17) is 46.9 Å². The van der Waals surface area contributed by atoms with Gasteiger partial charge in [0.25, 0.3) is 0 Å². The van der Waals surface area contributed by atoms with Gasteiger partial charge in [-0.3, -0.25) is 28.2 Å². The molecule has 3 fully saturated rings. The lowest BCUT2D eigenvalue weighted by Crippen LogP contribution is -2.70. The van der Waals surface area contributed by atoms with E-state index in [0.717, 1.165) is 128 Å². The van der Waals surface area contributed by atoms with Gasteiger partial charge in [0.15, 0.2) is 24.8 Å². The molecule has 0 aromatic rings. The van der Waals surface area contributed by atoms with Gasteiger partial charge in [0, 0.05) is 25.7 Å². The van der Waals surface area contributed by atoms with E-state index in [0.29, 0.717) is 49.9 Å². The number of hydrogen-bond donors (Lipinski definition) is 10. The van der Waals surface area contributed by atoms with Gasteiger partial charge in [-0.05, 0) is 43.4 Å². The summed E-state index contributed by atoms with van der Waals surface area (Å²) in [5.41, 5.74) is 0. The minimum atomic E-state index is -5.81. The molecule has 2 heterocycles. The SMILES string of the molecule is CCCCCCCCCCCCCCCCCC(=O)OCC1OC(OC2C(OC(=O)CCCCCCCCC(C)CCCCCCCC)C(O)C(O)C(OC3OC(CO)C(O)C(O)C3O)C2OP(=O)(O)OCC(COC(=O)CCCCCCCCC(C)CCCCCCCC)OC(=O)CCCCCCCCC(C)CCCCCCCC)C(O)C(O)C1O. The van der Waals surface area contributed by atoms with Crippen molar-refractivity contribution in [2.24, 2.45) is 17.8 Å². The first-order valence-electron chi connectivity index (χ1n) is 49.9. The number of unbranched alkanes of at least 4 members (excludes halogenated alkanes) is 44. The summed E-state index contributed by atoms with van der Waals surface area (Å²) in [7, 11) is -5.81. The molecule has 1 aliphatic carbocycles. The molecule has 0 bridgehead atoms. The second-order valence-electron chi connectivity index (χ2n) is 36.8. The quantitative estimate of drug-likeness (QED) is 0.0117. The summed E-state index contributed by atoms with van der Waals surface area (Å²) in [5, 5.41) is 103. The maximum absolute atomic E-state index is 15.0. The van der Waals surface area contributed by atoms with Gasteiger partial charge in [0.2, 0.25) is 0 Å². The number of aliphatic hydroxyl groups is 9. The standard InChI is InChI=1S/C96H181O25P/c1-8-12-16-20-24-25-26-27-28-29-30-31-32-45-56-66-80(99)113-72-78-84(103)86(105)90(109)96(117-78)120-93-91(118-82(101)68-58-48-38-35-44-54-64-75(7)61-51-41-23-19-15-11-4)87(106)88(107)92(119-95-89(108)85(104)83(102)77(69-97)116-95)94(93)121-122(110,111)114-71-76(115-81(100)67-57-47-37-34-43-53-63-74(6)60-50-40-22-18-14-10-3)70-112-79(98)65-55-46-36-33-42-52-62-73(5)59-49-39-21-17-13-9-2/h73-78,83-97,102-109H,8-72H2,1-7H3,(H,110,111). The fourth-order valence-electron chi connectivity index (χ4n) is 17.1. The lowest BCUT2D eigenvalue weighted by Gasteiger charge is -2.50. The third kappa shape index (κ3) is 52.3. The number of phosphoric ester groups is 1.